The van der Waals surface area contributed by atoms with E-state index < -0.39 is 6.10 Å². The van der Waals surface area contributed by atoms with E-state index in [0.29, 0.717) is 18.0 Å². The average molecular weight is 386 g/mol. The molecule has 0 spiro atoms. The van der Waals surface area contributed by atoms with Crippen LogP contribution in [0.25, 0.3) is 11.3 Å². The Morgan fingerprint density at radius 2 is 2.14 bits per heavy atom. The van der Waals surface area contributed by atoms with E-state index in [1.165, 1.54) is 4.90 Å². The quantitative estimate of drug-likeness (QED) is 0.809. The van der Waals surface area contributed by atoms with Crippen LogP contribution in [-0.4, -0.2) is 76.3 Å². The molecule has 150 valence electrons. The van der Waals surface area contributed by atoms with Crippen LogP contribution in [0.1, 0.15) is 24.3 Å². The minimum absolute atomic E-state index is 0.0594. The van der Waals surface area contributed by atoms with Gasteiger partial charge in [0.1, 0.15) is 18.0 Å². The zero-order valence-electron chi connectivity index (χ0n) is 16.4. The molecule has 2 amide bonds. The highest BCUT2D eigenvalue weighted by molar-refractivity contribution is 5.96. The van der Waals surface area contributed by atoms with Crippen LogP contribution in [0.3, 0.4) is 0 Å². The second kappa shape index (κ2) is 8.43. The maximum absolute atomic E-state index is 12.9. The molecule has 2 heterocycles. The molecule has 0 radical (unpaired) electrons. The van der Waals surface area contributed by atoms with Crippen molar-refractivity contribution in [2.75, 3.05) is 33.3 Å². The van der Waals surface area contributed by atoms with Crippen molar-refractivity contribution in [2.45, 2.75) is 20.0 Å². The third-order valence-electron chi connectivity index (χ3n) is 4.59. The van der Waals surface area contributed by atoms with Crippen molar-refractivity contribution in [3.05, 3.63) is 36.0 Å². The van der Waals surface area contributed by atoms with E-state index >= 15 is 0 Å². The van der Waals surface area contributed by atoms with Gasteiger partial charge in [-0.2, -0.15) is 5.10 Å². The molecule has 1 atom stereocenters. The highest BCUT2D eigenvalue weighted by Gasteiger charge is 2.30. The summed E-state index contributed by atoms with van der Waals surface area (Å²) in [6, 6.07) is 9.01. The molecular weight excluding hydrogens is 360 g/mol. The Balaban J connectivity index is 1.76. The van der Waals surface area contributed by atoms with E-state index in [9.17, 15) is 14.7 Å². The maximum Gasteiger partial charge on any atom is 0.272 e. The molecule has 1 saturated heterocycles. The summed E-state index contributed by atoms with van der Waals surface area (Å²) in [4.78, 5) is 28.4. The smallest absolute Gasteiger partial charge is 0.272 e. The number of aliphatic hydroxyl groups excluding tert-OH is 1. The number of ether oxygens (including phenoxy) is 1. The highest BCUT2D eigenvalue weighted by atomic mass is 16.5. The van der Waals surface area contributed by atoms with Gasteiger partial charge in [-0.25, -0.2) is 0 Å². The lowest BCUT2D eigenvalue weighted by atomic mass is 10.1. The van der Waals surface area contributed by atoms with Crippen molar-refractivity contribution in [1.29, 1.82) is 0 Å². The normalized spacial score (nSPS) is 17.8. The predicted octanol–water partition coefficient (Wildman–Crippen LogP) is 1.39. The summed E-state index contributed by atoms with van der Waals surface area (Å²) in [6.07, 6.45) is -0.782. The van der Waals surface area contributed by atoms with Crippen LogP contribution in [0.4, 0.5) is 0 Å². The Kier molecular flexibility index (Phi) is 5.99. The number of H-pyrrole nitrogens is 1. The third-order valence-corrected chi connectivity index (χ3v) is 4.59. The standard InChI is InChI=1S/C20H26N4O4/c1-13(2)9-23-10-15(25)11-24(12-19(23)26)20(27)18-8-17(21-22-18)14-5-4-6-16(7-14)28-3/h4-8,13,15,25H,9-12H2,1-3H3,(H,21,22). The van der Waals surface area contributed by atoms with Gasteiger partial charge in [0.05, 0.1) is 18.9 Å². The van der Waals surface area contributed by atoms with Gasteiger partial charge in [0, 0.05) is 25.2 Å². The second-order valence-corrected chi connectivity index (χ2v) is 7.43. The number of β-amino-alcohol motifs (C(OH)–C–C–N with tert-alkyl or cyclic N) is 1. The molecule has 2 N–H and O–H groups in total. The zero-order valence-corrected chi connectivity index (χ0v) is 16.4. The molecule has 3 rings (SSSR count). The van der Waals surface area contributed by atoms with Crippen molar-refractivity contribution >= 4 is 11.8 Å². The first-order valence-corrected chi connectivity index (χ1v) is 9.32. The average Bonchev–Trinajstić information content (AvgIpc) is 3.11. The van der Waals surface area contributed by atoms with Crippen molar-refractivity contribution in [3.63, 3.8) is 0 Å². The fourth-order valence-electron chi connectivity index (χ4n) is 3.30. The lowest BCUT2D eigenvalue weighted by Crippen LogP contribution is -2.40. The predicted molar refractivity (Wildman–Crippen MR) is 104 cm³/mol. The molecule has 0 saturated carbocycles. The number of carbonyl (C=O) groups is 2. The number of aromatic nitrogens is 2. The van der Waals surface area contributed by atoms with Crippen LogP contribution in [-0.2, 0) is 4.79 Å². The molecule has 28 heavy (non-hydrogen) atoms. The van der Waals surface area contributed by atoms with Crippen molar-refractivity contribution < 1.29 is 19.4 Å². The van der Waals surface area contributed by atoms with Crippen molar-refractivity contribution in [1.82, 2.24) is 20.0 Å². The Bertz CT molecular complexity index is 848. The van der Waals surface area contributed by atoms with E-state index in [1.807, 2.05) is 38.1 Å². The molecule has 1 aliphatic heterocycles. The molecule has 8 heteroatoms. The van der Waals surface area contributed by atoms with Crippen LogP contribution >= 0.6 is 0 Å². The number of aliphatic hydroxyl groups is 1. The molecule has 1 unspecified atom stereocenters. The number of methoxy groups -OCH3 is 1. The topological polar surface area (TPSA) is 98.8 Å². The van der Waals surface area contributed by atoms with Crippen molar-refractivity contribution in [2.24, 2.45) is 5.92 Å². The van der Waals surface area contributed by atoms with E-state index in [2.05, 4.69) is 10.2 Å². The van der Waals surface area contributed by atoms with Crippen LogP contribution in [0.2, 0.25) is 0 Å². The van der Waals surface area contributed by atoms with Crippen molar-refractivity contribution in [3.8, 4) is 17.0 Å². The highest BCUT2D eigenvalue weighted by Crippen LogP contribution is 2.23. The summed E-state index contributed by atoms with van der Waals surface area (Å²) in [5.41, 5.74) is 1.69. The fourth-order valence-corrected chi connectivity index (χ4v) is 3.30. The number of hydrogen-bond acceptors (Lipinski definition) is 5. The number of carbonyl (C=O) groups excluding carboxylic acids is 2. The number of benzene rings is 1. The minimum atomic E-state index is -0.782. The minimum Gasteiger partial charge on any atom is -0.497 e. The number of nitrogens with zero attached hydrogens (tertiary/aromatic N) is 3. The SMILES string of the molecule is COc1cccc(-c2cc(C(=O)N3CC(=O)N(CC(C)C)CC(O)C3)[nH]n2)c1. The largest absolute Gasteiger partial charge is 0.497 e. The summed E-state index contributed by atoms with van der Waals surface area (Å²) in [5.74, 6) is 0.461. The first-order chi connectivity index (χ1) is 13.4. The van der Waals surface area contributed by atoms with Gasteiger partial charge in [-0.05, 0) is 24.1 Å². The van der Waals surface area contributed by atoms with E-state index in [1.54, 1.807) is 18.1 Å². The van der Waals surface area contributed by atoms with Gasteiger partial charge >= 0.3 is 0 Å². The molecule has 8 nitrogen and oxygen atoms in total. The number of nitrogens with one attached hydrogen (secondary N) is 1. The molecule has 0 aliphatic carbocycles. The summed E-state index contributed by atoms with van der Waals surface area (Å²) in [6.45, 7) is 4.86. The molecule has 0 bridgehead atoms. The van der Waals surface area contributed by atoms with Gasteiger partial charge in [-0.15, -0.1) is 0 Å². The number of amides is 2. The van der Waals surface area contributed by atoms with E-state index in [-0.39, 0.29) is 43.1 Å². The summed E-state index contributed by atoms with van der Waals surface area (Å²) in [7, 11) is 1.59. The first-order valence-electron chi connectivity index (χ1n) is 9.32. The molecular formula is C20H26N4O4. The third kappa shape index (κ3) is 4.51. The Morgan fingerprint density at radius 1 is 1.36 bits per heavy atom. The monoisotopic (exact) mass is 386 g/mol. The fraction of sp³-hybridized carbons (Fsp3) is 0.450. The van der Waals surface area contributed by atoms with E-state index in [0.717, 1.165) is 5.56 Å². The lowest BCUT2D eigenvalue weighted by Gasteiger charge is -2.23. The Labute approximate surface area is 164 Å². The second-order valence-electron chi connectivity index (χ2n) is 7.43. The van der Waals surface area contributed by atoms with Crippen LogP contribution in [0.5, 0.6) is 5.75 Å². The van der Waals surface area contributed by atoms with Crippen LogP contribution in [0, 0.1) is 5.92 Å². The Hall–Kier alpha value is -2.87. The number of rotatable bonds is 5. The number of hydrogen-bond donors (Lipinski definition) is 2. The van der Waals surface area contributed by atoms with E-state index in [4.69, 9.17) is 4.74 Å². The van der Waals surface area contributed by atoms with Gasteiger partial charge < -0.3 is 19.6 Å². The van der Waals surface area contributed by atoms with Gasteiger partial charge in [-0.3, -0.25) is 14.7 Å². The maximum atomic E-state index is 12.9. The molecule has 1 aromatic heterocycles. The summed E-state index contributed by atoms with van der Waals surface area (Å²) < 4.78 is 5.22. The Morgan fingerprint density at radius 3 is 2.86 bits per heavy atom. The summed E-state index contributed by atoms with van der Waals surface area (Å²) >= 11 is 0. The molecule has 2 aromatic rings. The van der Waals surface area contributed by atoms with Gasteiger partial charge in [-0.1, -0.05) is 26.0 Å². The van der Waals surface area contributed by atoms with Gasteiger partial charge in [0.15, 0.2) is 0 Å². The molecule has 1 aromatic carbocycles. The zero-order chi connectivity index (χ0) is 20.3. The van der Waals surface area contributed by atoms with Crippen LogP contribution in [0.15, 0.2) is 30.3 Å². The lowest BCUT2D eigenvalue weighted by molar-refractivity contribution is -0.131. The van der Waals surface area contributed by atoms with Gasteiger partial charge in [0.25, 0.3) is 5.91 Å². The summed E-state index contributed by atoms with van der Waals surface area (Å²) in [5, 5.41) is 17.2. The molecule has 1 aliphatic rings. The number of aromatic amines is 1. The molecule has 1 fully saturated rings. The van der Waals surface area contributed by atoms with Gasteiger partial charge in [0.2, 0.25) is 5.91 Å². The van der Waals surface area contributed by atoms with Crippen LogP contribution < -0.4 is 4.74 Å². The first kappa shape index (κ1) is 19.9.